The van der Waals surface area contributed by atoms with Gasteiger partial charge in [0.15, 0.2) is 5.96 Å². The molecule has 2 rings (SSSR count). The van der Waals surface area contributed by atoms with Gasteiger partial charge in [-0.05, 0) is 51.0 Å². The molecule has 0 aliphatic carbocycles. The summed E-state index contributed by atoms with van der Waals surface area (Å²) in [6.45, 7) is 12.7. The number of hydrogen-bond acceptors (Lipinski definition) is 3. The monoisotopic (exact) mass is 487 g/mol. The zero-order valence-corrected chi connectivity index (χ0v) is 19.7. The molecule has 0 unspecified atom stereocenters. The Labute approximate surface area is 183 Å². The average molecular weight is 487 g/mol. The number of nitrogens with zero attached hydrogens (tertiary/aromatic N) is 3. The molecular weight excluding hydrogens is 449 g/mol. The van der Waals surface area contributed by atoms with E-state index in [0.717, 1.165) is 38.7 Å². The number of likely N-dealkylation sites (N-methyl/N-ethyl adjacent to an activating group) is 1. The highest BCUT2D eigenvalue weighted by molar-refractivity contribution is 14.0. The van der Waals surface area contributed by atoms with Crippen molar-refractivity contribution in [3.8, 4) is 0 Å². The first-order chi connectivity index (χ1) is 12.7. The molecule has 0 spiro atoms. The average Bonchev–Trinajstić information content (AvgIpc) is 2.85. The molecule has 1 heterocycles. The Morgan fingerprint density at radius 2 is 1.74 bits per heavy atom. The maximum absolute atomic E-state index is 4.70. The van der Waals surface area contributed by atoms with Crippen LogP contribution in [-0.4, -0.2) is 62.1 Å². The first-order valence-corrected chi connectivity index (χ1v) is 10.2. The highest BCUT2D eigenvalue weighted by Gasteiger charge is 2.12. The number of nitrogens with one attached hydrogen (secondary N) is 2. The van der Waals surface area contributed by atoms with Crippen molar-refractivity contribution in [3.05, 3.63) is 35.4 Å². The molecule has 0 radical (unpaired) electrons. The largest absolute Gasteiger partial charge is 0.357 e. The van der Waals surface area contributed by atoms with Gasteiger partial charge in [-0.25, -0.2) is 4.99 Å². The summed E-state index contributed by atoms with van der Waals surface area (Å²) in [6.07, 6.45) is 3.63. The van der Waals surface area contributed by atoms with Crippen LogP contribution in [0.1, 0.15) is 44.2 Å². The minimum atomic E-state index is 0. The number of halogens is 1. The van der Waals surface area contributed by atoms with E-state index in [9.17, 15) is 0 Å². The van der Waals surface area contributed by atoms with Crippen LogP contribution in [0.3, 0.4) is 0 Å². The second kappa shape index (κ2) is 14.2. The SMILES string of the molecule is CCCCNC(=NCc1ccc(CN2CCCN(C)CC2)cc1)NCC.I. The van der Waals surface area contributed by atoms with Crippen molar-refractivity contribution < 1.29 is 0 Å². The van der Waals surface area contributed by atoms with Gasteiger partial charge in [-0.1, -0.05) is 37.6 Å². The Bertz CT molecular complexity index is 532. The highest BCUT2D eigenvalue weighted by Crippen LogP contribution is 2.11. The zero-order valence-electron chi connectivity index (χ0n) is 17.3. The third-order valence-corrected chi connectivity index (χ3v) is 4.83. The molecule has 154 valence electrons. The van der Waals surface area contributed by atoms with Crippen molar-refractivity contribution in [2.45, 2.75) is 46.2 Å². The Morgan fingerprint density at radius 3 is 2.44 bits per heavy atom. The second-order valence-corrected chi connectivity index (χ2v) is 7.22. The molecule has 1 fully saturated rings. The third kappa shape index (κ3) is 9.76. The van der Waals surface area contributed by atoms with E-state index >= 15 is 0 Å². The molecule has 5 nitrogen and oxygen atoms in total. The van der Waals surface area contributed by atoms with Gasteiger partial charge in [-0.3, -0.25) is 4.90 Å². The van der Waals surface area contributed by atoms with Crippen LogP contribution in [-0.2, 0) is 13.1 Å². The summed E-state index contributed by atoms with van der Waals surface area (Å²) in [5.74, 6) is 0.915. The molecule has 1 aliphatic rings. The molecule has 2 N–H and O–H groups in total. The first-order valence-electron chi connectivity index (χ1n) is 10.2. The first kappa shape index (κ1) is 24.2. The van der Waals surface area contributed by atoms with Gasteiger partial charge in [0.1, 0.15) is 0 Å². The van der Waals surface area contributed by atoms with Crippen LogP contribution in [0.2, 0.25) is 0 Å². The van der Waals surface area contributed by atoms with E-state index in [0.29, 0.717) is 0 Å². The minimum Gasteiger partial charge on any atom is -0.357 e. The van der Waals surface area contributed by atoms with Crippen LogP contribution in [0, 0.1) is 0 Å². The lowest BCUT2D eigenvalue weighted by molar-refractivity contribution is 0.269. The zero-order chi connectivity index (χ0) is 18.6. The summed E-state index contributed by atoms with van der Waals surface area (Å²) < 4.78 is 0. The van der Waals surface area contributed by atoms with E-state index in [4.69, 9.17) is 4.99 Å². The quantitative estimate of drug-likeness (QED) is 0.256. The molecule has 1 aromatic rings. The summed E-state index contributed by atoms with van der Waals surface area (Å²) in [5, 5.41) is 6.71. The van der Waals surface area contributed by atoms with Crippen molar-refractivity contribution >= 4 is 29.9 Å². The molecule has 0 saturated carbocycles. The molecule has 27 heavy (non-hydrogen) atoms. The number of hydrogen-bond donors (Lipinski definition) is 2. The van der Waals surface area contributed by atoms with E-state index in [1.165, 1.54) is 50.0 Å². The smallest absolute Gasteiger partial charge is 0.191 e. The van der Waals surface area contributed by atoms with Gasteiger partial charge < -0.3 is 15.5 Å². The van der Waals surface area contributed by atoms with Crippen LogP contribution in [0.5, 0.6) is 0 Å². The summed E-state index contributed by atoms with van der Waals surface area (Å²) >= 11 is 0. The summed E-state index contributed by atoms with van der Waals surface area (Å²) in [6, 6.07) is 8.96. The summed E-state index contributed by atoms with van der Waals surface area (Å²) in [4.78, 5) is 9.70. The van der Waals surface area contributed by atoms with Gasteiger partial charge in [0, 0.05) is 32.7 Å². The van der Waals surface area contributed by atoms with Crippen LogP contribution in [0.25, 0.3) is 0 Å². The summed E-state index contributed by atoms with van der Waals surface area (Å²) in [7, 11) is 2.22. The fraction of sp³-hybridized carbons (Fsp3) is 0.667. The Hall–Kier alpha value is -0.860. The van der Waals surface area contributed by atoms with Crippen molar-refractivity contribution in [2.24, 2.45) is 4.99 Å². The van der Waals surface area contributed by atoms with Crippen molar-refractivity contribution in [1.29, 1.82) is 0 Å². The van der Waals surface area contributed by atoms with Gasteiger partial charge in [0.2, 0.25) is 0 Å². The second-order valence-electron chi connectivity index (χ2n) is 7.22. The highest BCUT2D eigenvalue weighted by atomic mass is 127. The van der Waals surface area contributed by atoms with Gasteiger partial charge in [0.25, 0.3) is 0 Å². The molecule has 6 heteroatoms. The number of guanidine groups is 1. The molecular formula is C21H38IN5. The van der Waals surface area contributed by atoms with Crippen LogP contribution >= 0.6 is 24.0 Å². The van der Waals surface area contributed by atoms with E-state index in [2.05, 4.69) is 65.6 Å². The van der Waals surface area contributed by atoms with E-state index in [1.54, 1.807) is 0 Å². The fourth-order valence-electron chi connectivity index (χ4n) is 3.16. The molecule has 0 atom stereocenters. The van der Waals surface area contributed by atoms with Crippen LogP contribution < -0.4 is 10.6 Å². The minimum absolute atomic E-state index is 0. The van der Waals surface area contributed by atoms with Crippen molar-refractivity contribution in [1.82, 2.24) is 20.4 Å². The van der Waals surface area contributed by atoms with Crippen LogP contribution in [0.15, 0.2) is 29.3 Å². The lowest BCUT2D eigenvalue weighted by Gasteiger charge is -2.20. The third-order valence-electron chi connectivity index (χ3n) is 4.83. The maximum Gasteiger partial charge on any atom is 0.191 e. The summed E-state index contributed by atoms with van der Waals surface area (Å²) in [5.41, 5.74) is 2.66. The van der Waals surface area contributed by atoms with E-state index in [1.807, 2.05) is 0 Å². The molecule has 0 amide bonds. The lowest BCUT2D eigenvalue weighted by Crippen LogP contribution is -2.37. The lowest BCUT2D eigenvalue weighted by atomic mass is 10.1. The maximum atomic E-state index is 4.70. The predicted octanol–water partition coefficient (Wildman–Crippen LogP) is 3.30. The molecule has 1 aromatic carbocycles. The number of aliphatic imine (C=N–C) groups is 1. The molecule has 0 bridgehead atoms. The van der Waals surface area contributed by atoms with Crippen LogP contribution in [0.4, 0.5) is 0 Å². The van der Waals surface area contributed by atoms with Gasteiger partial charge in [0.05, 0.1) is 6.54 Å². The van der Waals surface area contributed by atoms with Gasteiger partial charge in [-0.15, -0.1) is 24.0 Å². The van der Waals surface area contributed by atoms with Crippen molar-refractivity contribution in [2.75, 3.05) is 46.3 Å². The Kier molecular flexibility index (Phi) is 12.7. The molecule has 1 aliphatic heterocycles. The van der Waals surface area contributed by atoms with E-state index in [-0.39, 0.29) is 24.0 Å². The predicted molar refractivity (Wildman–Crippen MR) is 127 cm³/mol. The topological polar surface area (TPSA) is 42.9 Å². The van der Waals surface area contributed by atoms with Gasteiger partial charge >= 0.3 is 0 Å². The van der Waals surface area contributed by atoms with E-state index < -0.39 is 0 Å². The van der Waals surface area contributed by atoms with Gasteiger partial charge in [-0.2, -0.15) is 0 Å². The van der Waals surface area contributed by atoms with Crippen molar-refractivity contribution in [3.63, 3.8) is 0 Å². The number of benzene rings is 1. The number of unbranched alkanes of at least 4 members (excludes halogenated alkanes) is 1. The molecule has 0 aromatic heterocycles. The Balaban J connectivity index is 0.00000364. The standard InChI is InChI=1S/C21H37N5.HI/c1-4-6-12-23-21(22-5-2)24-17-19-8-10-20(11-9-19)18-26-14-7-13-25(3)15-16-26;/h8-11H,4-7,12-18H2,1-3H3,(H2,22,23,24);1H. The molecule has 1 saturated heterocycles. The normalized spacial score (nSPS) is 16.5. The number of rotatable bonds is 8. The Morgan fingerprint density at radius 1 is 1.00 bits per heavy atom. The fourth-order valence-corrected chi connectivity index (χ4v) is 3.16.